The van der Waals surface area contributed by atoms with Crippen LogP contribution in [0.5, 0.6) is 0 Å². The third kappa shape index (κ3) is 3.55. The number of para-hydroxylation sites is 2. The predicted molar refractivity (Wildman–Crippen MR) is 91.8 cm³/mol. The van der Waals surface area contributed by atoms with E-state index in [0.29, 0.717) is 11.4 Å². The number of hydrogen-bond donors (Lipinski definition) is 0. The monoisotopic (exact) mass is 341 g/mol. The Labute approximate surface area is 143 Å². The first-order valence-corrected chi connectivity index (χ1v) is 7.60. The van der Waals surface area contributed by atoms with E-state index in [1.54, 1.807) is 24.3 Å². The van der Waals surface area contributed by atoms with Gasteiger partial charge >= 0.3 is 5.97 Å². The van der Waals surface area contributed by atoms with Gasteiger partial charge in [0.15, 0.2) is 0 Å². The summed E-state index contributed by atoms with van der Waals surface area (Å²) < 4.78 is 14.0. The van der Waals surface area contributed by atoms with Gasteiger partial charge in [-0.2, -0.15) is 5.06 Å². The van der Waals surface area contributed by atoms with Crippen LogP contribution in [0.3, 0.4) is 0 Å². The number of nitrogens with zero attached hydrogens (tertiary/aromatic N) is 1. The van der Waals surface area contributed by atoms with Crippen molar-refractivity contribution >= 4 is 28.9 Å². The van der Waals surface area contributed by atoms with Gasteiger partial charge in [-0.25, -0.2) is 9.18 Å². The van der Waals surface area contributed by atoms with Crippen LogP contribution in [-0.4, -0.2) is 5.97 Å². The van der Waals surface area contributed by atoms with Gasteiger partial charge in [0.25, 0.3) is 0 Å². The molecule has 3 aromatic carbocycles. The fourth-order valence-electron chi connectivity index (χ4n) is 2.17. The van der Waals surface area contributed by atoms with E-state index in [4.69, 9.17) is 16.4 Å². The lowest BCUT2D eigenvalue weighted by Crippen LogP contribution is -2.23. The molecule has 0 saturated heterocycles. The molecule has 5 heteroatoms. The zero-order valence-corrected chi connectivity index (χ0v) is 13.3. The molecule has 3 nitrogen and oxygen atoms in total. The second kappa shape index (κ2) is 7.15. The lowest BCUT2D eigenvalue weighted by Gasteiger charge is -2.23. The number of hydrogen-bond acceptors (Lipinski definition) is 3. The smallest absolute Gasteiger partial charge is 0.330 e. The molecule has 24 heavy (non-hydrogen) atoms. The first-order chi connectivity index (χ1) is 11.6. The van der Waals surface area contributed by atoms with Crippen LogP contribution in [0.2, 0.25) is 5.02 Å². The van der Waals surface area contributed by atoms with Crippen molar-refractivity contribution in [2.75, 3.05) is 5.06 Å². The number of rotatable bonds is 4. The zero-order valence-electron chi connectivity index (χ0n) is 12.5. The zero-order chi connectivity index (χ0) is 16.9. The Bertz CT molecular complexity index is 801. The van der Waals surface area contributed by atoms with Crippen LogP contribution in [0.1, 0.15) is 10.4 Å². The molecule has 0 saturated carbocycles. The lowest BCUT2D eigenvalue weighted by molar-refractivity contribution is 0.0499. The summed E-state index contributed by atoms with van der Waals surface area (Å²) in [4.78, 5) is 17.8. The van der Waals surface area contributed by atoms with Crippen LogP contribution < -0.4 is 5.06 Å². The molecule has 0 spiro atoms. The molecule has 0 heterocycles. The highest BCUT2D eigenvalue weighted by Gasteiger charge is 2.19. The van der Waals surface area contributed by atoms with Gasteiger partial charge in [0.2, 0.25) is 0 Å². The molecule has 0 amide bonds. The molecule has 120 valence electrons. The average Bonchev–Trinajstić information content (AvgIpc) is 2.61. The normalized spacial score (nSPS) is 10.2. The molecular weight excluding hydrogens is 329 g/mol. The van der Waals surface area contributed by atoms with Crippen molar-refractivity contribution in [3.8, 4) is 0 Å². The summed E-state index contributed by atoms with van der Waals surface area (Å²) in [6.45, 7) is 0. The van der Waals surface area contributed by atoms with Gasteiger partial charge in [-0.05, 0) is 42.5 Å². The molecule has 0 aliphatic heterocycles. The van der Waals surface area contributed by atoms with E-state index in [1.165, 1.54) is 17.2 Å². The second-order valence-corrected chi connectivity index (χ2v) is 5.40. The molecule has 0 aromatic heterocycles. The van der Waals surface area contributed by atoms with Crippen LogP contribution in [-0.2, 0) is 4.84 Å². The van der Waals surface area contributed by atoms with Gasteiger partial charge in [0.05, 0.1) is 16.9 Å². The Hall–Kier alpha value is -2.85. The molecule has 0 aliphatic carbocycles. The molecule has 3 aromatic rings. The van der Waals surface area contributed by atoms with Crippen molar-refractivity contribution < 1.29 is 14.0 Å². The maximum atomic E-state index is 14.0. The van der Waals surface area contributed by atoms with Crippen molar-refractivity contribution in [1.29, 1.82) is 0 Å². The van der Waals surface area contributed by atoms with Crippen LogP contribution in [0.15, 0.2) is 78.9 Å². The van der Waals surface area contributed by atoms with E-state index >= 15 is 0 Å². The van der Waals surface area contributed by atoms with E-state index in [2.05, 4.69) is 0 Å². The van der Waals surface area contributed by atoms with Crippen molar-refractivity contribution in [3.63, 3.8) is 0 Å². The lowest BCUT2D eigenvalue weighted by atomic mass is 10.2. The average molecular weight is 342 g/mol. The summed E-state index contributed by atoms with van der Waals surface area (Å²) in [5.41, 5.74) is 1.11. The summed E-state index contributed by atoms with van der Waals surface area (Å²) in [5, 5.41) is 1.57. The van der Waals surface area contributed by atoms with Crippen LogP contribution >= 0.6 is 11.6 Å². The van der Waals surface area contributed by atoms with Gasteiger partial charge in [0, 0.05) is 5.02 Å². The van der Waals surface area contributed by atoms with Crippen molar-refractivity contribution in [2.24, 2.45) is 0 Å². The Balaban J connectivity index is 1.94. The summed E-state index contributed by atoms with van der Waals surface area (Å²) in [7, 11) is 0. The highest BCUT2D eigenvalue weighted by Crippen LogP contribution is 2.26. The molecule has 0 atom stereocenters. The van der Waals surface area contributed by atoms with E-state index in [1.807, 2.05) is 36.4 Å². The molecule has 0 radical (unpaired) electrons. The van der Waals surface area contributed by atoms with Crippen molar-refractivity contribution in [2.45, 2.75) is 0 Å². The molecule has 3 rings (SSSR count). The number of carbonyl (C=O) groups is 1. The Morgan fingerprint density at radius 2 is 1.42 bits per heavy atom. The topological polar surface area (TPSA) is 29.5 Å². The minimum atomic E-state index is -0.808. The summed E-state index contributed by atoms with van der Waals surface area (Å²) >= 11 is 5.72. The maximum Gasteiger partial charge on any atom is 0.366 e. The number of carbonyl (C=O) groups excluding carboxylic acids is 1. The molecule has 0 N–H and O–H groups in total. The summed E-state index contributed by atoms with van der Waals surface area (Å²) in [6, 6.07) is 22.0. The Kier molecular flexibility index (Phi) is 4.77. The SMILES string of the molecule is O=C(ON(c1ccccc1)c1ccccc1)c1ccc(Cl)cc1F. The molecule has 0 fully saturated rings. The highest BCUT2D eigenvalue weighted by atomic mass is 35.5. The molecular formula is C19H13ClFNO2. The summed E-state index contributed by atoms with van der Waals surface area (Å²) in [5.74, 6) is -1.54. The van der Waals surface area contributed by atoms with E-state index in [9.17, 15) is 9.18 Å². The first-order valence-electron chi connectivity index (χ1n) is 7.23. The molecule has 0 unspecified atom stereocenters. The van der Waals surface area contributed by atoms with Gasteiger partial charge < -0.3 is 4.84 Å². The predicted octanol–water partition coefficient (Wildman–Crippen LogP) is 5.39. The number of halogens is 2. The van der Waals surface area contributed by atoms with Gasteiger partial charge in [0.1, 0.15) is 5.82 Å². The largest absolute Gasteiger partial charge is 0.366 e. The third-order valence-corrected chi connectivity index (χ3v) is 3.54. The van der Waals surface area contributed by atoms with Gasteiger partial charge in [-0.3, -0.25) is 0 Å². The first kappa shape index (κ1) is 16.0. The fourth-order valence-corrected chi connectivity index (χ4v) is 2.33. The standard InChI is InChI=1S/C19H13ClFNO2/c20-14-11-12-17(18(21)13-14)19(23)24-22(15-7-3-1-4-8-15)16-9-5-2-6-10-16/h1-13H. The van der Waals surface area contributed by atoms with Gasteiger partial charge in [-0.15, -0.1) is 0 Å². The fraction of sp³-hybridized carbons (Fsp3) is 0. The van der Waals surface area contributed by atoms with E-state index in [0.717, 1.165) is 6.07 Å². The van der Waals surface area contributed by atoms with E-state index in [-0.39, 0.29) is 10.6 Å². The third-order valence-electron chi connectivity index (χ3n) is 3.31. The number of anilines is 2. The van der Waals surface area contributed by atoms with E-state index < -0.39 is 11.8 Å². The molecule has 0 bridgehead atoms. The van der Waals surface area contributed by atoms with Crippen molar-refractivity contribution in [3.05, 3.63) is 95.3 Å². The minimum absolute atomic E-state index is 0.184. The van der Waals surface area contributed by atoms with Crippen LogP contribution in [0.4, 0.5) is 15.8 Å². The quantitative estimate of drug-likeness (QED) is 0.596. The molecule has 0 aliphatic rings. The second-order valence-electron chi connectivity index (χ2n) is 4.97. The van der Waals surface area contributed by atoms with Crippen LogP contribution in [0, 0.1) is 5.82 Å². The van der Waals surface area contributed by atoms with Gasteiger partial charge in [-0.1, -0.05) is 48.0 Å². The Morgan fingerprint density at radius 3 is 1.92 bits per heavy atom. The van der Waals surface area contributed by atoms with Crippen LogP contribution in [0.25, 0.3) is 0 Å². The van der Waals surface area contributed by atoms with Crippen molar-refractivity contribution in [1.82, 2.24) is 0 Å². The minimum Gasteiger partial charge on any atom is -0.330 e. The highest BCUT2D eigenvalue weighted by molar-refractivity contribution is 6.30. The number of benzene rings is 3. The summed E-state index contributed by atoms with van der Waals surface area (Å²) in [6.07, 6.45) is 0. The Morgan fingerprint density at radius 1 is 0.875 bits per heavy atom. The maximum absolute atomic E-state index is 14.0.